The van der Waals surface area contributed by atoms with E-state index in [0.717, 1.165) is 5.56 Å². The molecule has 9 nitrogen and oxygen atoms in total. The summed E-state index contributed by atoms with van der Waals surface area (Å²) in [4.78, 5) is 49.2. The summed E-state index contributed by atoms with van der Waals surface area (Å²) >= 11 is 0. The van der Waals surface area contributed by atoms with Crippen molar-refractivity contribution in [2.45, 2.75) is 31.7 Å². The predicted octanol–water partition coefficient (Wildman–Crippen LogP) is 2.22. The Morgan fingerprint density at radius 3 is 2.57 bits per heavy atom. The molecule has 0 bridgehead atoms. The number of ketones is 1. The van der Waals surface area contributed by atoms with Crippen molar-refractivity contribution in [3.05, 3.63) is 64.7 Å². The molecule has 0 radical (unpaired) electrons. The molecule has 4 N–H and O–H groups in total. The Labute approximate surface area is 202 Å². The molecule has 4 amide bonds. The molecule has 1 saturated heterocycles. The first kappa shape index (κ1) is 24.0. The third-order valence-corrected chi connectivity index (χ3v) is 6.59. The highest BCUT2D eigenvalue weighted by molar-refractivity contribution is 6.09. The molecule has 3 unspecified atom stereocenters. The molecule has 1 aliphatic heterocycles. The topological polar surface area (TPSA) is 134 Å². The fraction of sp³-hybridized carbons (Fsp3) is 0.308. The number of rotatable bonds is 5. The average Bonchev–Trinajstić information content (AvgIpc) is 3.14. The van der Waals surface area contributed by atoms with Gasteiger partial charge in [-0.1, -0.05) is 24.8 Å². The van der Waals surface area contributed by atoms with E-state index in [0.29, 0.717) is 29.7 Å². The number of hydrogen-bond acceptors (Lipinski definition) is 6. The maximum Gasteiger partial charge on any atom is 0.323 e. The third-order valence-electron chi connectivity index (χ3n) is 6.59. The van der Waals surface area contributed by atoms with Crippen molar-refractivity contribution < 1.29 is 29.1 Å². The number of imide groups is 1. The Morgan fingerprint density at radius 2 is 1.94 bits per heavy atom. The zero-order valence-corrected chi connectivity index (χ0v) is 19.3. The van der Waals surface area contributed by atoms with E-state index in [1.54, 1.807) is 30.8 Å². The standard InChI is InChI=1S/C26H25N3O6/c1-15(19-11-18-7-8-20(35-2)13-21(18)22(30)12-19)14-26(24(32)27-25(33)28-26)10-9-16-3-5-17(6-4-16)23(31)29-34/h3-8,13,15,19,34H,11-12,14H2,1-2H3,(H,29,31)(H2,27,28,32,33). The number of carbonyl (C=O) groups is 4. The molecule has 1 aliphatic carbocycles. The molecular weight excluding hydrogens is 450 g/mol. The van der Waals surface area contributed by atoms with Gasteiger partial charge in [-0.2, -0.15) is 0 Å². The van der Waals surface area contributed by atoms with Crippen LogP contribution in [-0.4, -0.2) is 41.5 Å². The summed E-state index contributed by atoms with van der Waals surface area (Å²) in [7, 11) is 1.56. The maximum absolute atomic E-state index is 12.8. The van der Waals surface area contributed by atoms with E-state index in [2.05, 4.69) is 22.5 Å². The molecule has 2 aliphatic rings. The number of fused-ring (bicyclic) bond motifs is 1. The minimum absolute atomic E-state index is 0.0223. The number of carbonyl (C=O) groups excluding carboxylic acids is 4. The SMILES string of the molecule is COc1ccc2c(c1)C(=O)CC(C(C)CC1(C#Cc3ccc(C(=O)NO)cc3)NC(=O)NC1=O)C2. The second-order valence-electron chi connectivity index (χ2n) is 8.88. The molecule has 1 heterocycles. The molecule has 0 aromatic heterocycles. The molecule has 0 saturated carbocycles. The predicted molar refractivity (Wildman–Crippen MR) is 125 cm³/mol. The van der Waals surface area contributed by atoms with E-state index < -0.39 is 23.4 Å². The highest BCUT2D eigenvalue weighted by Gasteiger charge is 2.47. The molecule has 0 spiro atoms. The molecule has 1 fully saturated rings. The van der Waals surface area contributed by atoms with E-state index >= 15 is 0 Å². The van der Waals surface area contributed by atoms with Crippen LogP contribution in [0.3, 0.4) is 0 Å². The number of nitrogens with one attached hydrogen (secondary N) is 3. The summed E-state index contributed by atoms with van der Waals surface area (Å²) in [5.41, 5.74) is 2.48. The summed E-state index contributed by atoms with van der Waals surface area (Å²) in [6, 6.07) is 11.0. The number of urea groups is 1. The van der Waals surface area contributed by atoms with Gasteiger partial charge in [-0.15, -0.1) is 0 Å². The quantitative estimate of drug-likeness (QED) is 0.227. The van der Waals surface area contributed by atoms with Crippen LogP contribution in [0.2, 0.25) is 0 Å². The van der Waals surface area contributed by atoms with Gasteiger partial charge in [0.05, 0.1) is 7.11 Å². The zero-order chi connectivity index (χ0) is 25.2. The minimum atomic E-state index is -1.44. The van der Waals surface area contributed by atoms with Crippen LogP contribution < -0.4 is 20.9 Å². The van der Waals surface area contributed by atoms with Crippen molar-refractivity contribution in [2.24, 2.45) is 11.8 Å². The van der Waals surface area contributed by atoms with Gasteiger partial charge in [0.15, 0.2) is 11.3 Å². The lowest BCUT2D eigenvalue weighted by atomic mass is 9.73. The van der Waals surface area contributed by atoms with Crippen LogP contribution in [0.1, 0.15) is 51.6 Å². The van der Waals surface area contributed by atoms with Crippen molar-refractivity contribution in [2.75, 3.05) is 7.11 Å². The van der Waals surface area contributed by atoms with Crippen molar-refractivity contribution in [1.29, 1.82) is 0 Å². The van der Waals surface area contributed by atoms with Crippen LogP contribution in [0, 0.1) is 23.7 Å². The fourth-order valence-electron chi connectivity index (χ4n) is 4.60. The number of methoxy groups -OCH3 is 1. The van der Waals surface area contributed by atoms with Gasteiger partial charge in [0, 0.05) is 23.1 Å². The second kappa shape index (κ2) is 9.60. The second-order valence-corrected chi connectivity index (χ2v) is 8.88. The molecule has 2 aromatic rings. The van der Waals surface area contributed by atoms with Gasteiger partial charge in [-0.3, -0.25) is 24.9 Å². The van der Waals surface area contributed by atoms with E-state index in [-0.39, 0.29) is 29.6 Å². The molecule has 4 rings (SSSR count). The number of hydrogen-bond donors (Lipinski definition) is 4. The summed E-state index contributed by atoms with van der Waals surface area (Å²) in [5.74, 6) is 5.16. The van der Waals surface area contributed by atoms with Gasteiger partial charge in [0.25, 0.3) is 11.8 Å². The third kappa shape index (κ3) is 4.88. The summed E-state index contributed by atoms with van der Waals surface area (Å²) in [6.07, 6.45) is 1.22. The van der Waals surface area contributed by atoms with E-state index in [1.807, 2.05) is 19.1 Å². The largest absolute Gasteiger partial charge is 0.497 e. The van der Waals surface area contributed by atoms with Crippen LogP contribution >= 0.6 is 0 Å². The molecular formula is C26H25N3O6. The van der Waals surface area contributed by atoms with E-state index in [1.165, 1.54) is 12.1 Å². The van der Waals surface area contributed by atoms with Crippen molar-refractivity contribution in [3.63, 3.8) is 0 Å². The summed E-state index contributed by atoms with van der Waals surface area (Å²) in [6.45, 7) is 1.95. The zero-order valence-electron chi connectivity index (χ0n) is 19.3. The summed E-state index contributed by atoms with van der Waals surface area (Å²) < 4.78 is 5.23. The Hall–Kier alpha value is -4.16. The van der Waals surface area contributed by atoms with E-state index in [4.69, 9.17) is 9.94 Å². The van der Waals surface area contributed by atoms with Crippen molar-refractivity contribution in [1.82, 2.24) is 16.1 Å². The molecule has 35 heavy (non-hydrogen) atoms. The first-order valence-electron chi connectivity index (χ1n) is 11.2. The lowest BCUT2D eigenvalue weighted by molar-refractivity contribution is -0.122. The number of benzene rings is 2. The summed E-state index contributed by atoms with van der Waals surface area (Å²) in [5, 5.41) is 13.7. The van der Waals surface area contributed by atoms with Crippen molar-refractivity contribution in [3.8, 4) is 17.6 Å². The van der Waals surface area contributed by atoms with Gasteiger partial charge >= 0.3 is 6.03 Å². The van der Waals surface area contributed by atoms with Gasteiger partial charge in [0.1, 0.15) is 5.75 Å². The number of Topliss-reactive ketones (excluding diaryl/α,β-unsaturated/α-hetero) is 1. The first-order valence-corrected chi connectivity index (χ1v) is 11.2. The lowest BCUT2D eigenvalue weighted by Crippen LogP contribution is -2.48. The van der Waals surface area contributed by atoms with Crippen LogP contribution in [0.25, 0.3) is 0 Å². The Kier molecular flexibility index (Phi) is 6.58. The Morgan fingerprint density at radius 1 is 1.20 bits per heavy atom. The number of ether oxygens (including phenoxy) is 1. The van der Waals surface area contributed by atoms with Crippen LogP contribution in [0.5, 0.6) is 5.75 Å². The van der Waals surface area contributed by atoms with Crippen LogP contribution in [-0.2, 0) is 11.2 Å². The molecule has 9 heteroatoms. The number of amides is 4. The van der Waals surface area contributed by atoms with Crippen LogP contribution in [0.15, 0.2) is 42.5 Å². The highest BCUT2D eigenvalue weighted by Crippen LogP contribution is 2.36. The molecule has 2 aromatic carbocycles. The number of hydroxylamine groups is 1. The minimum Gasteiger partial charge on any atom is -0.497 e. The molecule has 180 valence electrons. The van der Waals surface area contributed by atoms with Gasteiger partial charge in [0.2, 0.25) is 0 Å². The molecule has 3 atom stereocenters. The maximum atomic E-state index is 12.8. The first-order chi connectivity index (χ1) is 16.7. The smallest absolute Gasteiger partial charge is 0.323 e. The van der Waals surface area contributed by atoms with Gasteiger partial charge in [-0.25, -0.2) is 10.3 Å². The van der Waals surface area contributed by atoms with Gasteiger partial charge in [-0.05, 0) is 66.6 Å². The fourth-order valence-corrected chi connectivity index (χ4v) is 4.60. The van der Waals surface area contributed by atoms with E-state index in [9.17, 15) is 19.2 Å². The monoisotopic (exact) mass is 475 g/mol. The highest BCUT2D eigenvalue weighted by atomic mass is 16.5. The normalized spacial score (nSPS) is 21.7. The Bertz CT molecular complexity index is 1260. The Balaban J connectivity index is 1.56. The van der Waals surface area contributed by atoms with Gasteiger partial charge < -0.3 is 10.1 Å². The van der Waals surface area contributed by atoms with Crippen molar-refractivity contribution >= 4 is 23.6 Å². The average molecular weight is 476 g/mol. The van der Waals surface area contributed by atoms with Crippen LogP contribution in [0.4, 0.5) is 4.79 Å². The lowest BCUT2D eigenvalue weighted by Gasteiger charge is -2.32.